The zero-order chi connectivity index (χ0) is 18.1. The molecular formula is C15H14O9. The van der Waals surface area contributed by atoms with Crippen LogP contribution in [0.1, 0.15) is 13.8 Å². The minimum atomic E-state index is -1.37. The molecule has 0 unspecified atom stereocenters. The highest BCUT2D eigenvalue weighted by Crippen LogP contribution is 2.12. The monoisotopic (exact) mass is 338 g/mol. The molecule has 0 aliphatic rings. The van der Waals surface area contributed by atoms with E-state index in [1.165, 1.54) is 13.8 Å². The van der Waals surface area contributed by atoms with Gasteiger partial charge in [-0.1, -0.05) is 0 Å². The molecule has 1 aromatic carbocycles. The molecule has 128 valence electrons. The van der Waals surface area contributed by atoms with Crippen LogP contribution < -0.4 is 14.9 Å². The number of carbonyl (C=O) groups excluding carboxylic acids is 4. The standard InChI is InChI=1S/C15H14O9/c1-3-21-12(17)14(19)23-9-5-7-10(16)11(8-6-9)24-15(20)13(18)22-4-2/h5-8H,3-4H2,1-2H3. The van der Waals surface area contributed by atoms with Gasteiger partial charge in [0, 0.05) is 0 Å². The summed E-state index contributed by atoms with van der Waals surface area (Å²) in [4.78, 5) is 56.9. The Morgan fingerprint density at radius 1 is 0.750 bits per heavy atom. The van der Waals surface area contributed by atoms with Gasteiger partial charge in [-0.25, -0.2) is 19.2 Å². The summed E-state index contributed by atoms with van der Waals surface area (Å²) >= 11 is 0. The molecule has 0 amide bonds. The Bertz CT molecular complexity index is 708. The van der Waals surface area contributed by atoms with E-state index in [1.54, 1.807) is 0 Å². The van der Waals surface area contributed by atoms with Gasteiger partial charge >= 0.3 is 23.9 Å². The zero-order valence-corrected chi connectivity index (χ0v) is 12.9. The maximum atomic E-state index is 11.7. The van der Waals surface area contributed by atoms with Gasteiger partial charge in [-0.2, -0.15) is 0 Å². The molecule has 0 aliphatic heterocycles. The lowest BCUT2D eigenvalue weighted by atomic mass is 10.4. The van der Waals surface area contributed by atoms with Crippen molar-refractivity contribution in [1.29, 1.82) is 0 Å². The fourth-order valence-electron chi connectivity index (χ4n) is 1.36. The van der Waals surface area contributed by atoms with E-state index < -0.39 is 35.1 Å². The van der Waals surface area contributed by atoms with Crippen LogP contribution in [0.15, 0.2) is 29.1 Å². The Morgan fingerprint density at radius 3 is 1.79 bits per heavy atom. The van der Waals surface area contributed by atoms with E-state index in [1.807, 2.05) is 0 Å². The van der Waals surface area contributed by atoms with Gasteiger partial charge < -0.3 is 18.9 Å². The third-order valence-corrected chi connectivity index (χ3v) is 2.34. The third kappa shape index (κ3) is 5.52. The Balaban J connectivity index is 2.89. The van der Waals surface area contributed by atoms with Gasteiger partial charge in [0.25, 0.3) is 0 Å². The van der Waals surface area contributed by atoms with Gasteiger partial charge in [0.2, 0.25) is 5.43 Å². The topological polar surface area (TPSA) is 122 Å². The Morgan fingerprint density at radius 2 is 1.25 bits per heavy atom. The van der Waals surface area contributed by atoms with Crippen molar-refractivity contribution in [3.8, 4) is 11.5 Å². The van der Waals surface area contributed by atoms with Crippen LogP contribution in [0, 0.1) is 0 Å². The highest BCUT2D eigenvalue weighted by Gasteiger charge is 2.20. The maximum absolute atomic E-state index is 11.7. The Kier molecular flexibility index (Phi) is 7.08. The molecule has 0 atom stereocenters. The van der Waals surface area contributed by atoms with Crippen LogP contribution in [0.5, 0.6) is 11.5 Å². The molecule has 0 radical (unpaired) electrons. The second-order valence-corrected chi connectivity index (χ2v) is 4.02. The SMILES string of the molecule is CCOC(=O)C(=O)Oc1ccc(OC(=O)C(=O)OCC)c(=O)cc1. The molecule has 1 rings (SSSR count). The molecule has 0 N–H and O–H groups in total. The fraction of sp³-hybridized carbons (Fsp3) is 0.267. The molecule has 0 saturated carbocycles. The summed E-state index contributed by atoms with van der Waals surface area (Å²) in [6, 6.07) is 4.13. The number of ether oxygens (including phenoxy) is 4. The second-order valence-electron chi connectivity index (χ2n) is 4.02. The predicted molar refractivity (Wildman–Crippen MR) is 77.2 cm³/mol. The normalized spacial score (nSPS) is 9.58. The first-order chi connectivity index (χ1) is 11.4. The number of rotatable bonds is 4. The third-order valence-electron chi connectivity index (χ3n) is 2.34. The van der Waals surface area contributed by atoms with E-state index in [4.69, 9.17) is 4.74 Å². The first kappa shape index (κ1) is 18.8. The average Bonchev–Trinajstić information content (AvgIpc) is 2.71. The van der Waals surface area contributed by atoms with Crippen molar-refractivity contribution in [2.24, 2.45) is 0 Å². The van der Waals surface area contributed by atoms with Crippen LogP contribution in [0.3, 0.4) is 0 Å². The van der Waals surface area contributed by atoms with Crippen LogP contribution in [-0.4, -0.2) is 37.1 Å². The molecule has 9 heteroatoms. The van der Waals surface area contributed by atoms with Crippen LogP contribution in [0.4, 0.5) is 0 Å². The van der Waals surface area contributed by atoms with Crippen molar-refractivity contribution in [2.45, 2.75) is 13.8 Å². The van der Waals surface area contributed by atoms with Gasteiger partial charge in [-0.15, -0.1) is 0 Å². The predicted octanol–water partition coefficient (Wildman–Crippen LogP) is -0.0162. The molecule has 1 aromatic rings. The van der Waals surface area contributed by atoms with E-state index in [0.717, 1.165) is 24.3 Å². The molecule has 0 spiro atoms. The van der Waals surface area contributed by atoms with Gasteiger partial charge in [0.1, 0.15) is 5.75 Å². The number of carbonyl (C=O) groups is 4. The summed E-state index contributed by atoms with van der Waals surface area (Å²) in [6.45, 7) is 2.97. The molecule has 0 saturated heterocycles. The number of hydrogen-bond donors (Lipinski definition) is 0. The molecule has 0 aliphatic carbocycles. The highest BCUT2D eigenvalue weighted by molar-refractivity contribution is 6.30. The largest absolute Gasteiger partial charge is 0.458 e. The lowest BCUT2D eigenvalue weighted by molar-refractivity contribution is -0.161. The first-order valence-corrected chi connectivity index (χ1v) is 6.81. The van der Waals surface area contributed by atoms with Gasteiger partial charge in [0.15, 0.2) is 5.75 Å². The van der Waals surface area contributed by atoms with E-state index in [2.05, 4.69) is 14.2 Å². The Labute approximate surface area is 136 Å². The first-order valence-electron chi connectivity index (χ1n) is 6.81. The van der Waals surface area contributed by atoms with Crippen LogP contribution in [-0.2, 0) is 28.7 Å². The minimum absolute atomic E-state index is 0.00479. The van der Waals surface area contributed by atoms with E-state index in [-0.39, 0.29) is 19.0 Å². The van der Waals surface area contributed by atoms with E-state index >= 15 is 0 Å². The number of hydrogen-bond acceptors (Lipinski definition) is 9. The molecule has 0 aromatic heterocycles. The summed E-state index contributed by atoms with van der Waals surface area (Å²) in [5.74, 6) is -5.74. The molecular weight excluding hydrogens is 324 g/mol. The molecule has 9 nitrogen and oxygen atoms in total. The van der Waals surface area contributed by atoms with E-state index in [0.29, 0.717) is 0 Å². The van der Waals surface area contributed by atoms with Crippen molar-refractivity contribution in [3.05, 3.63) is 34.5 Å². The molecule has 0 fully saturated rings. The minimum Gasteiger partial charge on any atom is -0.458 e. The quantitative estimate of drug-likeness (QED) is 0.550. The van der Waals surface area contributed by atoms with Crippen molar-refractivity contribution >= 4 is 23.9 Å². The Hall–Kier alpha value is -3.23. The lowest BCUT2D eigenvalue weighted by Crippen LogP contribution is -2.24. The number of esters is 4. The van der Waals surface area contributed by atoms with Gasteiger partial charge in [-0.05, 0) is 38.1 Å². The van der Waals surface area contributed by atoms with Crippen LogP contribution in [0.25, 0.3) is 0 Å². The fourth-order valence-corrected chi connectivity index (χ4v) is 1.36. The van der Waals surface area contributed by atoms with Crippen molar-refractivity contribution < 1.29 is 38.1 Å². The van der Waals surface area contributed by atoms with Crippen LogP contribution >= 0.6 is 0 Å². The summed E-state index contributed by atoms with van der Waals surface area (Å²) in [5.41, 5.74) is -0.758. The highest BCUT2D eigenvalue weighted by atomic mass is 16.6. The van der Waals surface area contributed by atoms with Crippen molar-refractivity contribution in [3.63, 3.8) is 0 Å². The second kappa shape index (κ2) is 9.03. The van der Waals surface area contributed by atoms with Gasteiger partial charge in [0.05, 0.1) is 13.2 Å². The summed E-state index contributed by atoms with van der Waals surface area (Å²) in [5, 5.41) is 0. The summed E-state index contributed by atoms with van der Waals surface area (Å²) in [6.07, 6.45) is 0. The van der Waals surface area contributed by atoms with Crippen molar-refractivity contribution in [1.82, 2.24) is 0 Å². The smallest absolute Gasteiger partial charge is 0.422 e. The lowest BCUT2D eigenvalue weighted by Gasteiger charge is -2.01. The summed E-state index contributed by atoms with van der Waals surface area (Å²) in [7, 11) is 0. The molecule has 0 bridgehead atoms. The van der Waals surface area contributed by atoms with E-state index in [9.17, 15) is 24.0 Å². The summed E-state index contributed by atoms with van der Waals surface area (Å²) < 4.78 is 18.2. The average molecular weight is 338 g/mol. The van der Waals surface area contributed by atoms with Crippen molar-refractivity contribution in [2.75, 3.05) is 13.2 Å². The van der Waals surface area contributed by atoms with Gasteiger partial charge in [-0.3, -0.25) is 4.79 Å². The molecule has 0 heterocycles. The maximum Gasteiger partial charge on any atom is 0.422 e. The molecule has 24 heavy (non-hydrogen) atoms. The zero-order valence-electron chi connectivity index (χ0n) is 12.9. The van der Waals surface area contributed by atoms with Crippen LogP contribution in [0.2, 0.25) is 0 Å².